The van der Waals surface area contributed by atoms with Gasteiger partial charge in [-0.1, -0.05) is 37.2 Å². The third-order valence-electron chi connectivity index (χ3n) is 4.61. The number of hydrogen-bond donors (Lipinski definition) is 1. The molecule has 0 bridgehead atoms. The van der Waals surface area contributed by atoms with Crippen LogP contribution >= 0.6 is 0 Å². The second-order valence-electron chi connectivity index (χ2n) is 7.13. The van der Waals surface area contributed by atoms with E-state index < -0.39 is 0 Å². The van der Waals surface area contributed by atoms with Crippen LogP contribution in [0.1, 0.15) is 67.1 Å². The van der Waals surface area contributed by atoms with Gasteiger partial charge in [-0.3, -0.25) is 0 Å². The van der Waals surface area contributed by atoms with E-state index in [9.17, 15) is 0 Å². The van der Waals surface area contributed by atoms with Crippen LogP contribution in [0.5, 0.6) is 5.75 Å². The number of hydrogen-bond acceptors (Lipinski definition) is 7. The van der Waals surface area contributed by atoms with E-state index in [-0.39, 0.29) is 12.0 Å². The molecular formula is C20H23N5O2. The van der Waals surface area contributed by atoms with Crippen molar-refractivity contribution in [3.8, 4) is 5.75 Å². The monoisotopic (exact) mass is 365 g/mol. The van der Waals surface area contributed by atoms with Gasteiger partial charge in [-0.05, 0) is 25.5 Å². The van der Waals surface area contributed by atoms with Gasteiger partial charge in [0.05, 0.1) is 5.69 Å². The van der Waals surface area contributed by atoms with Crippen LogP contribution in [0, 0.1) is 6.92 Å². The summed E-state index contributed by atoms with van der Waals surface area (Å²) in [6.45, 7) is 8.38. The molecule has 3 heterocycles. The molecule has 0 saturated carbocycles. The topological polar surface area (TPSA) is 86.0 Å². The van der Waals surface area contributed by atoms with Crippen LogP contribution in [0.4, 0.5) is 5.82 Å². The molecule has 0 spiro atoms. The van der Waals surface area contributed by atoms with Crippen molar-refractivity contribution in [2.24, 2.45) is 0 Å². The Balaban J connectivity index is 1.66. The predicted molar refractivity (Wildman–Crippen MR) is 101 cm³/mol. The first kappa shape index (κ1) is 17.5. The molecule has 0 aliphatic carbocycles. The van der Waals surface area contributed by atoms with E-state index in [4.69, 9.17) is 9.26 Å². The van der Waals surface area contributed by atoms with E-state index in [2.05, 4.69) is 31.5 Å². The molecule has 1 aliphatic heterocycles. The predicted octanol–water partition coefficient (Wildman–Crippen LogP) is 3.95. The Morgan fingerprint density at radius 1 is 1.07 bits per heavy atom. The number of para-hydroxylation sites is 1. The lowest BCUT2D eigenvalue weighted by Gasteiger charge is -2.16. The van der Waals surface area contributed by atoms with Gasteiger partial charge in [-0.25, -0.2) is 9.97 Å². The minimum absolute atomic E-state index is 0.164. The molecule has 0 amide bonds. The van der Waals surface area contributed by atoms with E-state index >= 15 is 0 Å². The number of anilines is 1. The molecule has 0 fully saturated rings. The van der Waals surface area contributed by atoms with Crippen molar-refractivity contribution >= 4 is 5.82 Å². The molecule has 7 heteroatoms. The van der Waals surface area contributed by atoms with Crippen LogP contribution in [0.2, 0.25) is 0 Å². The third kappa shape index (κ3) is 3.49. The minimum Gasteiger partial charge on any atom is -0.487 e. The number of fused-ring (bicyclic) bond motifs is 2. The van der Waals surface area contributed by atoms with E-state index in [1.807, 2.05) is 45.9 Å². The first-order valence-electron chi connectivity index (χ1n) is 9.18. The zero-order chi connectivity index (χ0) is 19.0. The number of nitrogens with zero attached hydrogens (tertiary/aromatic N) is 4. The molecule has 7 nitrogen and oxygen atoms in total. The van der Waals surface area contributed by atoms with Gasteiger partial charge < -0.3 is 14.6 Å². The van der Waals surface area contributed by atoms with Crippen molar-refractivity contribution in [1.29, 1.82) is 0 Å². The summed E-state index contributed by atoms with van der Waals surface area (Å²) in [7, 11) is 0. The number of rotatable bonds is 4. The van der Waals surface area contributed by atoms with Crippen molar-refractivity contribution in [1.82, 2.24) is 20.1 Å². The Labute approximate surface area is 158 Å². The molecule has 3 aromatic rings. The van der Waals surface area contributed by atoms with E-state index in [1.165, 1.54) is 0 Å². The first-order valence-corrected chi connectivity index (χ1v) is 9.18. The van der Waals surface area contributed by atoms with Crippen molar-refractivity contribution in [3.63, 3.8) is 0 Å². The SMILES string of the molecule is Cc1nc2c(c(N[C@@H](C)c3nc(C(C)C)no3)n1)Cc1ccccc1OC2. The summed E-state index contributed by atoms with van der Waals surface area (Å²) in [5, 5.41) is 7.48. The number of benzene rings is 1. The van der Waals surface area contributed by atoms with Crippen LogP contribution in [0.15, 0.2) is 28.8 Å². The normalized spacial score (nSPS) is 14.1. The van der Waals surface area contributed by atoms with Gasteiger partial charge in [0, 0.05) is 17.9 Å². The average Bonchev–Trinajstić information content (AvgIpc) is 3.06. The fourth-order valence-corrected chi connectivity index (χ4v) is 3.13. The molecule has 2 aromatic heterocycles. The number of ether oxygens (including phenoxy) is 1. The first-order chi connectivity index (χ1) is 13.0. The minimum atomic E-state index is -0.164. The summed E-state index contributed by atoms with van der Waals surface area (Å²) in [5.41, 5.74) is 3.07. The lowest BCUT2D eigenvalue weighted by Crippen LogP contribution is -2.14. The largest absolute Gasteiger partial charge is 0.487 e. The van der Waals surface area contributed by atoms with Crippen LogP contribution in [-0.2, 0) is 13.0 Å². The van der Waals surface area contributed by atoms with Gasteiger partial charge >= 0.3 is 0 Å². The van der Waals surface area contributed by atoms with Crippen LogP contribution in [0.25, 0.3) is 0 Å². The highest BCUT2D eigenvalue weighted by Gasteiger charge is 2.23. The second-order valence-corrected chi connectivity index (χ2v) is 7.13. The quantitative estimate of drug-likeness (QED) is 0.749. The third-order valence-corrected chi connectivity index (χ3v) is 4.61. The smallest absolute Gasteiger partial charge is 0.248 e. The van der Waals surface area contributed by atoms with E-state index in [0.717, 1.165) is 28.4 Å². The maximum atomic E-state index is 5.95. The molecule has 1 atom stereocenters. The van der Waals surface area contributed by atoms with Gasteiger partial charge in [-0.15, -0.1) is 0 Å². The van der Waals surface area contributed by atoms with Crippen LogP contribution < -0.4 is 10.1 Å². The van der Waals surface area contributed by atoms with Crippen molar-refractivity contribution in [2.45, 2.75) is 52.7 Å². The molecule has 140 valence electrons. The van der Waals surface area contributed by atoms with Gasteiger partial charge in [0.15, 0.2) is 5.82 Å². The second kappa shape index (κ2) is 6.98. The summed E-state index contributed by atoms with van der Waals surface area (Å²) >= 11 is 0. The highest BCUT2D eigenvalue weighted by atomic mass is 16.5. The maximum absolute atomic E-state index is 5.95. The van der Waals surface area contributed by atoms with E-state index in [0.29, 0.717) is 30.6 Å². The average molecular weight is 365 g/mol. The van der Waals surface area contributed by atoms with Gasteiger partial charge in [0.1, 0.15) is 30.0 Å². The summed E-state index contributed by atoms with van der Waals surface area (Å²) in [6, 6.07) is 7.90. The fourth-order valence-electron chi connectivity index (χ4n) is 3.13. The molecule has 0 unspecified atom stereocenters. The molecule has 0 radical (unpaired) electrons. The lowest BCUT2D eigenvalue weighted by molar-refractivity contribution is 0.302. The number of aryl methyl sites for hydroxylation is 1. The van der Waals surface area contributed by atoms with Crippen molar-refractivity contribution < 1.29 is 9.26 Å². The zero-order valence-corrected chi connectivity index (χ0v) is 16.0. The number of nitrogens with one attached hydrogen (secondary N) is 1. The van der Waals surface area contributed by atoms with Crippen LogP contribution in [0.3, 0.4) is 0 Å². The molecular weight excluding hydrogens is 342 g/mol. The van der Waals surface area contributed by atoms with Gasteiger partial charge in [-0.2, -0.15) is 4.98 Å². The summed E-state index contributed by atoms with van der Waals surface area (Å²) in [6.07, 6.45) is 0.710. The highest BCUT2D eigenvalue weighted by Crippen LogP contribution is 2.32. The van der Waals surface area contributed by atoms with Crippen LogP contribution in [-0.4, -0.2) is 20.1 Å². The Bertz CT molecular complexity index is 967. The fraction of sp³-hybridized carbons (Fsp3) is 0.400. The summed E-state index contributed by atoms with van der Waals surface area (Å²) < 4.78 is 11.4. The molecule has 4 rings (SSSR count). The molecule has 0 saturated heterocycles. The summed E-state index contributed by atoms with van der Waals surface area (Å²) in [4.78, 5) is 13.7. The Morgan fingerprint density at radius 3 is 2.67 bits per heavy atom. The Kier molecular flexibility index (Phi) is 4.51. The van der Waals surface area contributed by atoms with Gasteiger partial charge in [0.2, 0.25) is 5.89 Å². The standard InChI is InChI=1S/C20H23N5O2/c1-11(2)18-24-20(27-25-18)12(3)21-19-15-9-14-7-5-6-8-17(14)26-10-16(15)22-13(4)23-19/h5-8,11-12H,9-10H2,1-4H3,(H,21,22,23)/t12-/m0/s1. The number of aromatic nitrogens is 4. The lowest BCUT2D eigenvalue weighted by atomic mass is 10.0. The maximum Gasteiger partial charge on any atom is 0.248 e. The highest BCUT2D eigenvalue weighted by molar-refractivity contribution is 5.52. The van der Waals surface area contributed by atoms with E-state index in [1.54, 1.807) is 0 Å². The molecule has 27 heavy (non-hydrogen) atoms. The molecule has 1 aromatic carbocycles. The Morgan fingerprint density at radius 2 is 1.89 bits per heavy atom. The molecule has 1 aliphatic rings. The zero-order valence-electron chi connectivity index (χ0n) is 16.0. The molecule has 1 N–H and O–H groups in total. The Hall–Kier alpha value is -2.96. The van der Waals surface area contributed by atoms with Gasteiger partial charge in [0.25, 0.3) is 0 Å². The van der Waals surface area contributed by atoms with Crippen molar-refractivity contribution in [3.05, 3.63) is 58.6 Å². The summed E-state index contributed by atoms with van der Waals surface area (Å²) in [5.74, 6) is 3.86. The van der Waals surface area contributed by atoms with Crippen molar-refractivity contribution in [2.75, 3.05) is 5.32 Å².